The van der Waals surface area contributed by atoms with Crippen molar-refractivity contribution in [1.29, 1.82) is 0 Å². The van der Waals surface area contributed by atoms with Gasteiger partial charge in [0.1, 0.15) is 5.69 Å². The van der Waals surface area contributed by atoms with Crippen LogP contribution in [0.15, 0.2) is 12.7 Å². The predicted molar refractivity (Wildman–Crippen MR) is 78.1 cm³/mol. The molecule has 0 aliphatic rings. The predicted octanol–water partition coefficient (Wildman–Crippen LogP) is -6.17. The minimum absolute atomic E-state index is 0. The van der Waals surface area contributed by atoms with Crippen molar-refractivity contribution in [2.75, 3.05) is 6.61 Å². The zero-order valence-electron chi connectivity index (χ0n) is 15.7. The maximum Gasteiger partial charge on any atom is 1.00 e. The summed E-state index contributed by atoms with van der Waals surface area (Å²) >= 11 is 0. The molecule has 1 N–H and O–H groups in total. The second-order valence-electron chi connectivity index (χ2n) is 4.59. The van der Waals surface area contributed by atoms with E-state index in [1.807, 2.05) is 14.0 Å². The van der Waals surface area contributed by atoms with Crippen LogP contribution in [0.1, 0.15) is 39.3 Å². The van der Waals surface area contributed by atoms with Crippen LogP contribution >= 0.6 is 0 Å². The maximum atomic E-state index is 11.2. The average Bonchev–Trinajstić information content (AvgIpc) is 2.96. The molecule has 0 radical (unpaired) electrons. The van der Waals surface area contributed by atoms with Crippen molar-refractivity contribution in [2.45, 2.75) is 20.8 Å². The van der Waals surface area contributed by atoms with Crippen LogP contribution in [0.4, 0.5) is 0 Å². The van der Waals surface area contributed by atoms with E-state index >= 15 is 0 Å². The Hall–Kier alpha value is -1.49. The number of carboxylic acids is 1. The molecule has 0 fully saturated rings. The van der Waals surface area contributed by atoms with Crippen LogP contribution in [0.3, 0.4) is 0 Å². The van der Waals surface area contributed by atoms with Gasteiger partial charge in [0, 0.05) is 25.5 Å². The minimum Gasteiger partial charge on any atom is -0.870 e. The number of imidazole rings is 2. The summed E-state index contributed by atoms with van der Waals surface area (Å²) in [4.78, 5) is 29.0. The Morgan fingerprint density at radius 3 is 1.68 bits per heavy atom. The van der Waals surface area contributed by atoms with E-state index in [0.717, 1.165) is 5.69 Å². The summed E-state index contributed by atoms with van der Waals surface area (Å²) in [6, 6.07) is 0. The molecular formula is C14H20Li2N4O5. The molecule has 128 valence electrons. The Kier molecular flexibility index (Phi) is 14.5. The van der Waals surface area contributed by atoms with Crippen molar-refractivity contribution < 1.29 is 62.6 Å². The number of aromatic carboxylic acids is 1. The van der Waals surface area contributed by atoms with Crippen molar-refractivity contribution in [3.63, 3.8) is 0 Å². The molecular weight excluding hydrogens is 318 g/mol. The van der Waals surface area contributed by atoms with Gasteiger partial charge in [-0.15, -0.1) is 0 Å². The van der Waals surface area contributed by atoms with Gasteiger partial charge in [0.25, 0.3) is 0 Å². The molecule has 2 heterocycles. The van der Waals surface area contributed by atoms with Crippen molar-refractivity contribution in [1.82, 2.24) is 19.1 Å². The molecule has 0 aliphatic heterocycles. The van der Waals surface area contributed by atoms with Crippen LogP contribution in [0.2, 0.25) is 0 Å². The summed E-state index contributed by atoms with van der Waals surface area (Å²) in [5.41, 5.74) is 1.86. The molecule has 0 amide bonds. The van der Waals surface area contributed by atoms with Crippen LogP contribution < -0.4 is 42.8 Å². The molecule has 9 nitrogen and oxygen atoms in total. The number of hydrogen-bond acceptors (Lipinski definition) is 7. The first-order chi connectivity index (χ1) is 10.3. The number of nitrogens with zero attached hydrogens (tertiary/aromatic N) is 4. The van der Waals surface area contributed by atoms with Gasteiger partial charge in [-0.3, -0.25) is 0 Å². The van der Waals surface area contributed by atoms with Gasteiger partial charge in [-0.2, -0.15) is 0 Å². The SMILES string of the molecule is CCOC(=O)c1ncn(C)c1C.Cc1c(C(=O)[O-])ncn1C.[Li+].[Li+].[OH-]. The summed E-state index contributed by atoms with van der Waals surface area (Å²) in [5.74, 6) is -1.58. The molecule has 0 unspecified atom stereocenters. The molecule has 2 aromatic rings. The third kappa shape index (κ3) is 7.51. The molecule has 25 heavy (non-hydrogen) atoms. The van der Waals surface area contributed by atoms with Crippen LogP contribution in [0.25, 0.3) is 0 Å². The Bertz CT molecular complexity index is 685. The second kappa shape index (κ2) is 12.8. The largest absolute Gasteiger partial charge is 1.00 e. The summed E-state index contributed by atoms with van der Waals surface area (Å²) in [6.45, 7) is 5.67. The van der Waals surface area contributed by atoms with E-state index < -0.39 is 5.97 Å². The van der Waals surface area contributed by atoms with E-state index in [4.69, 9.17) is 4.74 Å². The van der Waals surface area contributed by atoms with Crippen molar-refractivity contribution in [2.24, 2.45) is 14.1 Å². The van der Waals surface area contributed by atoms with Crippen LogP contribution in [0, 0.1) is 13.8 Å². The normalized spacial score (nSPS) is 8.68. The Morgan fingerprint density at radius 2 is 1.44 bits per heavy atom. The molecule has 2 aromatic heterocycles. The van der Waals surface area contributed by atoms with Gasteiger partial charge in [-0.05, 0) is 20.8 Å². The first kappa shape index (κ1) is 28.3. The number of rotatable bonds is 3. The fourth-order valence-electron chi connectivity index (χ4n) is 1.58. The van der Waals surface area contributed by atoms with Crippen LogP contribution in [-0.2, 0) is 18.8 Å². The molecule has 11 heteroatoms. The van der Waals surface area contributed by atoms with E-state index in [2.05, 4.69) is 9.97 Å². The fourth-order valence-corrected chi connectivity index (χ4v) is 1.58. The Balaban J connectivity index is -0.000000350. The Morgan fingerprint density at radius 1 is 1.04 bits per heavy atom. The monoisotopic (exact) mass is 338 g/mol. The van der Waals surface area contributed by atoms with E-state index in [0.29, 0.717) is 18.0 Å². The maximum absolute atomic E-state index is 11.2. The molecule has 0 saturated carbocycles. The summed E-state index contributed by atoms with van der Waals surface area (Å²) in [5, 5.41) is 10.2. The zero-order chi connectivity index (χ0) is 16.9. The van der Waals surface area contributed by atoms with Gasteiger partial charge in [-0.25, -0.2) is 14.8 Å². The summed E-state index contributed by atoms with van der Waals surface area (Å²) in [6.07, 6.45) is 3.04. The van der Waals surface area contributed by atoms with Crippen molar-refractivity contribution >= 4 is 11.9 Å². The second-order valence-corrected chi connectivity index (χ2v) is 4.59. The number of carboxylic acid groups (broad SMARTS) is 1. The van der Waals surface area contributed by atoms with Gasteiger partial charge in [0.05, 0.1) is 25.2 Å². The van der Waals surface area contributed by atoms with E-state index in [9.17, 15) is 14.7 Å². The van der Waals surface area contributed by atoms with Gasteiger partial charge in [0.15, 0.2) is 5.69 Å². The smallest absolute Gasteiger partial charge is 0.870 e. The van der Waals surface area contributed by atoms with Crippen LogP contribution in [0.5, 0.6) is 0 Å². The number of ether oxygens (including phenoxy) is 1. The molecule has 0 aromatic carbocycles. The van der Waals surface area contributed by atoms with E-state index in [-0.39, 0.29) is 54.9 Å². The molecule has 2 rings (SSSR count). The fraction of sp³-hybridized carbons (Fsp3) is 0.429. The topological polar surface area (TPSA) is 132 Å². The van der Waals surface area contributed by atoms with Gasteiger partial charge >= 0.3 is 43.7 Å². The standard InChI is InChI=1S/C8H12N2O2.C6H8N2O2.2Li.H2O/c1-4-12-8(11)7-6(2)10(3)5-9-7;1-4-5(6(9)10)7-3-8(4)2;;;/h5H,4H2,1-3H3;3H,1-2H3,(H,9,10);;;1H2/q;;2*+1;/p-2. The minimum atomic E-state index is -1.22. The van der Waals surface area contributed by atoms with Gasteiger partial charge < -0.3 is 29.2 Å². The number of carbonyl (C=O) groups is 2. The molecule has 0 aliphatic carbocycles. The quantitative estimate of drug-likeness (QED) is 0.402. The van der Waals surface area contributed by atoms with Crippen molar-refractivity contribution in [3.8, 4) is 0 Å². The first-order valence-corrected chi connectivity index (χ1v) is 6.63. The number of esters is 1. The molecule has 0 spiro atoms. The number of hydrogen-bond donors (Lipinski definition) is 0. The van der Waals surface area contributed by atoms with E-state index in [1.54, 1.807) is 36.4 Å². The van der Waals surface area contributed by atoms with Crippen molar-refractivity contribution in [3.05, 3.63) is 35.4 Å². The molecule has 0 atom stereocenters. The molecule has 0 saturated heterocycles. The zero-order valence-corrected chi connectivity index (χ0v) is 15.7. The average molecular weight is 338 g/mol. The summed E-state index contributed by atoms with van der Waals surface area (Å²) < 4.78 is 8.22. The first-order valence-electron chi connectivity index (χ1n) is 6.63. The van der Waals surface area contributed by atoms with E-state index in [1.165, 1.54) is 6.33 Å². The van der Waals surface area contributed by atoms with Gasteiger partial charge in [-0.1, -0.05) is 0 Å². The molecule has 0 bridgehead atoms. The third-order valence-corrected chi connectivity index (χ3v) is 3.13. The number of aryl methyl sites for hydroxylation is 2. The summed E-state index contributed by atoms with van der Waals surface area (Å²) in [7, 11) is 3.57. The third-order valence-electron chi connectivity index (χ3n) is 3.13. The van der Waals surface area contributed by atoms with Crippen LogP contribution in [-0.4, -0.2) is 43.1 Å². The Labute approximate surface area is 170 Å². The van der Waals surface area contributed by atoms with Gasteiger partial charge in [0.2, 0.25) is 0 Å². The number of carbonyl (C=O) groups excluding carboxylic acids is 2. The number of aromatic nitrogens is 4.